The number of rotatable bonds is 12. The quantitative estimate of drug-likeness (QED) is 0.311. The number of hydrogen-bond acceptors (Lipinski definition) is 3. The summed E-state index contributed by atoms with van der Waals surface area (Å²) in [5, 5.41) is 5.87. The predicted octanol–water partition coefficient (Wildman–Crippen LogP) is 6.42. The van der Waals surface area contributed by atoms with Crippen molar-refractivity contribution in [2.24, 2.45) is 5.92 Å². The van der Waals surface area contributed by atoms with Crippen LogP contribution in [0, 0.1) is 10.8 Å². The van der Waals surface area contributed by atoms with E-state index in [4.69, 9.17) is 23.2 Å². The number of nitroso groups, excluding NO2 is 1. The lowest BCUT2D eigenvalue weighted by atomic mass is 9.95. The maximum Gasteiger partial charge on any atom is 0.251 e. The normalized spacial score (nSPS) is 19.1. The lowest BCUT2D eigenvalue weighted by Crippen LogP contribution is -2.42. The topological polar surface area (TPSA) is 55.7 Å². The lowest BCUT2D eigenvalue weighted by molar-refractivity contribution is -0.734. The smallest absolute Gasteiger partial charge is 0.251 e. The molecule has 0 bridgehead atoms. The number of halogens is 2. The van der Waals surface area contributed by atoms with Crippen LogP contribution in [0.5, 0.6) is 0 Å². The van der Waals surface area contributed by atoms with Gasteiger partial charge in [0.2, 0.25) is 6.04 Å². The van der Waals surface area contributed by atoms with Gasteiger partial charge in [-0.15, -0.1) is 5.01 Å². The van der Waals surface area contributed by atoms with Crippen molar-refractivity contribution in [1.82, 2.24) is 15.2 Å². The molecule has 0 unspecified atom stereocenters. The van der Waals surface area contributed by atoms with E-state index in [-0.39, 0.29) is 17.9 Å². The third-order valence-electron chi connectivity index (χ3n) is 7.59. The van der Waals surface area contributed by atoms with Crippen LogP contribution in [0.2, 0.25) is 10.0 Å². The average molecular weight is 549 g/mol. The van der Waals surface area contributed by atoms with Crippen LogP contribution in [0.25, 0.3) is 0 Å². The largest absolute Gasteiger partial charge is 0.352 e. The molecule has 0 radical (unpaired) electrons. The van der Waals surface area contributed by atoms with Crippen molar-refractivity contribution < 1.29 is 9.66 Å². The minimum atomic E-state index is -0.173. The number of nitrogens with one attached hydrogen (secondary N) is 1. The zero-order chi connectivity index (χ0) is 26.8. The molecule has 1 heterocycles. The average Bonchev–Trinajstić information content (AvgIpc) is 3.06. The molecule has 1 amide bonds. The first-order chi connectivity index (χ1) is 17.9. The molecule has 37 heavy (non-hydrogen) atoms. The van der Waals surface area contributed by atoms with Gasteiger partial charge in [-0.3, -0.25) is 4.79 Å². The molecule has 1 aliphatic heterocycles. The Balaban J connectivity index is 1.70. The standard InChI is InChI=1S/C29H40Cl2N4O2/c1-4-23(24-10-8-7-9-11-24)21-34-17-14-22(18-26(35(34)37)15-16-33(5-2)6-3)20-32-29(36)25-12-13-27(30)28(31)19-25/h7-13,19,22-23,26H,4-6,14-18,20-21H2,1-3H3/p+1/t22-,23+,26+/m0/s1. The van der Waals surface area contributed by atoms with Gasteiger partial charge in [0.05, 0.1) is 28.0 Å². The molecule has 0 spiro atoms. The van der Waals surface area contributed by atoms with Crippen molar-refractivity contribution in [3.8, 4) is 0 Å². The first-order valence-electron chi connectivity index (χ1n) is 13.6. The summed E-state index contributed by atoms with van der Waals surface area (Å²) in [6, 6.07) is 15.3. The molecule has 1 saturated heterocycles. The molecule has 8 heteroatoms. The Hall–Kier alpha value is -2.15. The van der Waals surface area contributed by atoms with Crippen LogP contribution >= 0.6 is 23.2 Å². The number of hydrogen-bond donors (Lipinski definition) is 1. The maximum absolute atomic E-state index is 13.7. The summed E-state index contributed by atoms with van der Waals surface area (Å²) < 4.78 is 0. The van der Waals surface area contributed by atoms with Gasteiger partial charge in [-0.1, -0.05) is 74.3 Å². The van der Waals surface area contributed by atoms with Crippen LogP contribution in [0.15, 0.2) is 48.5 Å². The van der Waals surface area contributed by atoms with Gasteiger partial charge in [0.1, 0.15) is 4.87 Å². The second kappa shape index (κ2) is 14.7. The number of carbonyl (C=O) groups excluding carboxylic acids is 1. The van der Waals surface area contributed by atoms with Gasteiger partial charge in [0.25, 0.3) is 5.91 Å². The zero-order valence-corrected chi connectivity index (χ0v) is 23.8. The molecule has 1 aliphatic rings. The number of nitrogens with zero attached hydrogens (tertiary/aromatic N) is 3. The Morgan fingerprint density at radius 1 is 1.11 bits per heavy atom. The molecule has 1 N–H and O–H groups in total. The maximum atomic E-state index is 13.7. The first-order valence-corrected chi connectivity index (χ1v) is 14.3. The minimum Gasteiger partial charge on any atom is -0.352 e. The van der Waals surface area contributed by atoms with Crippen molar-refractivity contribution in [1.29, 1.82) is 0 Å². The SMILES string of the molecule is CC[C@H](CN1CC[C@H](CNC(=O)c2ccc(Cl)c(Cl)c2)C[C@@H](CCN(CC)CC)[N+]1=O)c1ccccc1. The van der Waals surface area contributed by atoms with Gasteiger partial charge >= 0.3 is 0 Å². The molecule has 0 saturated carbocycles. The summed E-state index contributed by atoms with van der Waals surface area (Å²) in [7, 11) is 0. The Morgan fingerprint density at radius 2 is 1.84 bits per heavy atom. The molecular weight excluding hydrogens is 507 g/mol. The number of hydrazine groups is 1. The summed E-state index contributed by atoms with van der Waals surface area (Å²) in [6.45, 7) is 11.2. The van der Waals surface area contributed by atoms with Crippen molar-refractivity contribution in [2.75, 3.05) is 39.3 Å². The first kappa shape index (κ1) is 29.4. The Morgan fingerprint density at radius 3 is 2.49 bits per heavy atom. The molecule has 0 aliphatic carbocycles. The van der Waals surface area contributed by atoms with Gasteiger partial charge in [0, 0.05) is 37.4 Å². The fourth-order valence-corrected chi connectivity index (χ4v) is 5.44. The van der Waals surface area contributed by atoms with E-state index in [0.717, 1.165) is 45.3 Å². The zero-order valence-electron chi connectivity index (χ0n) is 22.3. The number of amides is 1. The van der Waals surface area contributed by atoms with E-state index in [1.54, 1.807) is 18.2 Å². The highest BCUT2D eigenvalue weighted by molar-refractivity contribution is 6.42. The molecule has 3 atom stereocenters. The minimum absolute atomic E-state index is 0.122. The van der Waals surface area contributed by atoms with Crippen LogP contribution in [0.4, 0.5) is 0 Å². The van der Waals surface area contributed by atoms with Gasteiger partial charge in [-0.25, -0.2) is 0 Å². The molecular formula is C29H41Cl2N4O2+. The van der Waals surface area contributed by atoms with Crippen molar-refractivity contribution >= 4 is 29.1 Å². The van der Waals surface area contributed by atoms with Gasteiger partial charge in [0.15, 0.2) is 0 Å². The summed E-state index contributed by atoms with van der Waals surface area (Å²) in [6.07, 6.45) is 3.39. The van der Waals surface area contributed by atoms with Crippen molar-refractivity contribution in [2.45, 2.75) is 58.4 Å². The van der Waals surface area contributed by atoms with E-state index in [1.165, 1.54) is 10.4 Å². The third-order valence-corrected chi connectivity index (χ3v) is 8.33. The fraction of sp³-hybridized carbons (Fsp3) is 0.552. The van der Waals surface area contributed by atoms with Gasteiger partial charge in [-0.2, -0.15) is 0 Å². The van der Waals surface area contributed by atoms with Crippen LogP contribution in [-0.4, -0.2) is 66.0 Å². The summed E-state index contributed by atoms with van der Waals surface area (Å²) in [4.78, 5) is 30.1. The van der Waals surface area contributed by atoms with Gasteiger partial charge < -0.3 is 10.2 Å². The molecule has 2 aromatic carbocycles. The molecule has 3 rings (SSSR count). The summed E-state index contributed by atoms with van der Waals surface area (Å²) in [5.74, 6) is 0.340. The number of benzene rings is 2. The fourth-order valence-electron chi connectivity index (χ4n) is 5.14. The molecule has 1 fully saturated rings. The second-order valence-electron chi connectivity index (χ2n) is 9.93. The predicted molar refractivity (Wildman–Crippen MR) is 152 cm³/mol. The molecule has 202 valence electrons. The Labute approximate surface area is 231 Å². The van der Waals surface area contributed by atoms with Crippen LogP contribution in [0.1, 0.15) is 68.3 Å². The molecule has 6 nitrogen and oxygen atoms in total. The second-order valence-corrected chi connectivity index (χ2v) is 10.7. The molecule has 0 aromatic heterocycles. The summed E-state index contributed by atoms with van der Waals surface area (Å²) in [5.41, 5.74) is 1.76. The highest BCUT2D eigenvalue weighted by atomic mass is 35.5. The van der Waals surface area contributed by atoms with Crippen LogP contribution < -0.4 is 5.32 Å². The third kappa shape index (κ3) is 8.42. The summed E-state index contributed by atoms with van der Waals surface area (Å²) >= 11 is 12.1. The molecule has 2 aromatic rings. The van der Waals surface area contributed by atoms with Crippen LogP contribution in [-0.2, 0) is 0 Å². The lowest BCUT2D eigenvalue weighted by Gasteiger charge is -2.23. The Kier molecular flexibility index (Phi) is 11.7. The monoisotopic (exact) mass is 547 g/mol. The van der Waals surface area contributed by atoms with Crippen molar-refractivity contribution in [3.63, 3.8) is 0 Å². The van der Waals surface area contributed by atoms with E-state index < -0.39 is 0 Å². The van der Waals surface area contributed by atoms with E-state index in [1.807, 2.05) is 11.1 Å². The number of carbonyl (C=O) groups is 1. The Bertz CT molecular complexity index is 1020. The van der Waals surface area contributed by atoms with Crippen LogP contribution in [0.3, 0.4) is 0 Å². The van der Waals surface area contributed by atoms with Crippen molar-refractivity contribution in [3.05, 3.63) is 74.6 Å². The van der Waals surface area contributed by atoms with E-state index in [2.05, 4.69) is 55.3 Å². The van der Waals surface area contributed by atoms with E-state index >= 15 is 0 Å². The van der Waals surface area contributed by atoms with E-state index in [0.29, 0.717) is 41.2 Å². The van der Waals surface area contributed by atoms with E-state index in [9.17, 15) is 9.70 Å². The highest BCUT2D eigenvalue weighted by Crippen LogP contribution is 2.27. The highest BCUT2D eigenvalue weighted by Gasteiger charge is 2.39. The van der Waals surface area contributed by atoms with Gasteiger partial charge in [-0.05, 0) is 55.6 Å².